The van der Waals surface area contributed by atoms with E-state index in [1.807, 2.05) is 30.3 Å². The first-order valence-electron chi connectivity index (χ1n) is 6.33. The summed E-state index contributed by atoms with van der Waals surface area (Å²) >= 11 is 0. The van der Waals surface area contributed by atoms with Crippen molar-refractivity contribution in [3.8, 4) is 22.8 Å². The number of rotatable bonds is 2. The Hall–Kier alpha value is -2.35. The topological polar surface area (TPSA) is 26.0 Å². The zero-order chi connectivity index (χ0) is 13.2. The molecule has 0 N–H and O–H groups in total. The van der Waals surface area contributed by atoms with E-state index in [-0.39, 0.29) is 0 Å². The van der Waals surface area contributed by atoms with Gasteiger partial charge in [-0.25, -0.2) is 4.98 Å². The third-order valence-electron chi connectivity index (χ3n) is 3.32. The summed E-state index contributed by atoms with van der Waals surface area (Å²) in [6, 6.07) is 16.2. The average molecular weight is 249 g/mol. The van der Waals surface area contributed by atoms with Crippen molar-refractivity contribution < 1.29 is 4.42 Å². The van der Waals surface area contributed by atoms with E-state index < -0.39 is 0 Å². The van der Waals surface area contributed by atoms with Crippen LogP contribution in [0.4, 0.5) is 0 Å². The number of oxazole rings is 1. The first kappa shape index (κ1) is 11.7. The van der Waals surface area contributed by atoms with E-state index in [1.54, 1.807) is 6.20 Å². The van der Waals surface area contributed by atoms with Crippen LogP contribution in [0.5, 0.6) is 0 Å². The predicted molar refractivity (Wildman–Crippen MR) is 76.8 cm³/mol. The van der Waals surface area contributed by atoms with Crippen LogP contribution in [0, 0.1) is 13.8 Å². The Bertz CT molecular complexity index is 698. The van der Waals surface area contributed by atoms with Gasteiger partial charge in [-0.2, -0.15) is 0 Å². The van der Waals surface area contributed by atoms with Gasteiger partial charge in [0.05, 0.1) is 6.20 Å². The molecule has 2 nitrogen and oxygen atoms in total. The van der Waals surface area contributed by atoms with Gasteiger partial charge in [-0.1, -0.05) is 30.3 Å². The number of benzene rings is 2. The van der Waals surface area contributed by atoms with Gasteiger partial charge in [0.15, 0.2) is 5.76 Å². The summed E-state index contributed by atoms with van der Waals surface area (Å²) < 4.78 is 5.84. The van der Waals surface area contributed by atoms with Crippen molar-refractivity contribution in [2.75, 3.05) is 0 Å². The van der Waals surface area contributed by atoms with Crippen molar-refractivity contribution in [1.29, 1.82) is 0 Å². The average Bonchev–Trinajstić information content (AvgIpc) is 2.93. The van der Waals surface area contributed by atoms with Gasteiger partial charge in [0.1, 0.15) is 0 Å². The zero-order valence-electron chi connectivity index (χ0n) is 11.1. The highest BCUT2D eigenvalue weighted by atomic mass is 16.4. The van der Waals surface area contributed by atoms with Gasteiger partial charge in [-0.3, -0.25) is 0 Å². The van der Waals surface area contributed by atoms with Crippen LogP contribution in [0.2, 0.25) is 0 Å². The Balaban J connectivity index is 1.99. The van der Waals surface area contributed by atoms with Crippen LogP contribution in [0.3, 0.4) is 0 Å². The molecule has 0 saturated carbocycles. The van der Waals surface area contributed by atoms with Gasteiger partial charge in [0.2, 0.25) is 5.89 Å². The van der Waals surface area contributed by atoms with Gasteiger partial charge in [-0.05, 0) is 43.2 Å². The van der Waals surface area contributed by atoms with E-state index in [2.05, 4.69) is 37.0 Å². The molecular formula is C17H15NO. The molecule has 0 aliphatic heterocycles. The fourth-order valence-corrected chi connectivity index (χ4v) is 2.02. The lowest BCUT2D eigenvalue weighted by molar-refractivity contribution is 0.589. The van der Waals surface area contributed by atoms with Gasteiger partial charge in [0, 0.05) is 11.1 Å². The van der Waals surface area contributed by atoms with Crippen molar-refractivity contribution in [2.24, 2.45) is 0 Å². The van der Waals surface area contributed by atoms with E-state index in [1.165, 1.54) is 11.1 Å². The molecule has 3 rings (SSSR count). The predicted octanol–water partition coefficient (Wildman–Crippen LogP) is 4.63. The second-order valence-electron chi connectivity index (χ2n) is 4.69. The Kier molecular flexibility index (Phi) is 2.92. The van der Waals surface area contributed by atoms with Crippen LogP contribution in [0.1, 0.15) is 11.1 Å². The maximum absolute atomic E-state index is 5.84. The highest BCUT2D eigenvalue weighted by Gasteiger charge is 2.08. The van der Waals surface area contributed by atoms with E-state index in [0.29, 0.717) is 5.89 Å². The van der Waals surface area contributed by atoms with Crippen LogP contribution in [0.25, 0.3) is 22.8 Å². The molecule has 3 aromatic rings. The molecular weight excluding hydrogens is 234 g/mol. The molecule has 0 bridgehead atoms. The van der Waals surface area contributed by atoms with E-state index in [9.17, 15) is 0 Å². The van der Waals surface area contributed by atoms with E-state index >= 15 is 0 Å². The zero-order valence-corrected chi connectivity index (χ0v) is 11.1. The maximum atomic E-state index is 5.84. The molecule has 0 unspecified atom stereocenters. The minimum atomic E-state index is 0.661. The summed E-state index contributed by atoms with van der Waals surface area (Å²) in [6.45, 7) is 4.21. The standard InChI is InChI=1S/C17H15NO/c1-12-8-9-15(10-13(12)2)16-11-18-17(19-16)14-6-4-3-5-7-14/h3-11H,1-2H3. The molecule has 0 spiro atoms. The lowest BCUT2D eigenvalue weighted by atomic mass is 10.1. The summed E-state index contributed by atoms with van der Waals surface area (Å²) in [5, 5.41) is 0. The second-order valence-corrected chi connectivity index (χ2v) is 4.69. The third kappa shape index (κ3) is 2.29. The van der Waals surface area contributed by atoms with Crippen molar-refractivity contribution in [1.82, 2.24) is 4.98 Å². The highest BCUT2D eigenvalue weighted by Crippen LogP contribution is 2.27. The minimum Gasteiger partial charge on any atom is -0.436 e. The van der Waals surface area contributed by atoms with E-state index in [0.717, 1.165) is 16.9 Å². The number of hydrogen-bond donors (Lipinski definition) is 0. The van der Waals surface area contributed by atoms with Crippen LogP contribution in [0.15, 0.2) is 59.1 Å². The Morgan fingerprint density at radius 3 is 2.37 bits per heavy atom. The summed E-state index contributed by atoms with van der Waals surface area (Å²) in [5.74, 6) is 1.47. The van der Waals surface area contributed by atoms with Crippen molar-refractivity contribution in [3.05, 3.63) is 65.9 Å². The molecule has 0 fully saturated rings. The monoisotopic (exact) mass is 249 g/mol. The normalized spacial score (nSPS) is 10.6. The molecule has 1 heterocycles. The first-order chi connectivity index (χ1) is 9.24. The van der Waals surface area contributed by atoms with Gasteiger partial charge in [0.25, 0.3) is 0 Å². The largest absolute Gasteiger partial charge is 0.436 e. The maximum Gasteiger partial charge on any atom is 0.226 e. The fraction of sp³-hybridized carbons (Fsp3) is 0.118. The molecule has 0 radical (unpaired) electrons. The minimum absolute atomic E-state index is 0.661. The van der Waals surface area contributed by atoms with Crippen LogP contribution in [-0.4, -0.2) is 4.98 Å². The van der Waals surface area contributed by atoms with Crippen molar-refractivity contribution in [3.63, 3.8) is 0 Å². The molecule has 2 aromatic carbocycles. The van der Waals surface area contributed by atoms with Crippen LogP contribution < -0.4 is 0 Å². The molecule has 0 amide bonds. The fourth-order valence-electron chi connectivity index (χ4n) is 2.02. The summed E-state index contributed by atoms with van der Waals surface area (Å²) in [7, 11) is 0. The molecule has 2 heteroatoms. The Morgan fingerprint density at radius 1 is 0.842 bits per heavy atom. The molecule has 0 saturated heterocycles. The number of nitrogens with zero attached hydrogens (tertiary/aromatic N) is 1. The lowest BCUT2D eigenvalue weighted by Crippen LogP contribution is -1.81. The molecule has 0 aliphatic rings. The molecule has 1 aromatic heterocycles. The molecule has 0 atom stereocenters. The Labute approximate surface area is 112 Å². The summed E-state index contributed by atoms with van der Waals surface area (Å²) in [5.41, 5.74) is 4.61. The molecule has 94 valence electrons. The highest BCUT2D eigenvalue weighted by molar-refractivity contribution is 5.62. The van der Waals surface area contributed by atoms with Crippen LogP contribution in [-0.2, 0) is 0 Å². The lowest BCUT2D eigenvalue weighted by Gasteiger charge is -2.02. The number of hydrogen-bond acceptors (Lipinski definition) is 2. The van der Waals surface area contributed by atoms with Gasteiger partial charge < -0.3 is 4.42 Å². The van der Waals surface area contributed by atoms with Crippen molar-refractivity contribution in [2.45, 2.75) is 13.8 Å². The quantitative estimate of drug-likeness (QED) is 0.662. The molecule has 0 aliphatic carbocycles. The smallest absolute Gasteiger partial charge is 0.226 e. The second kappa shape index (κ2) is 4.73. The third-order valence-corrected chi connectivity index (χ3v) is 3.32. The van der Waals surface area contributed by atoms with E-state index in [4.69, 9.17) is 4.42 Å². The molecule has 19 heavy (non-hydrogen) atoms. The summed E-state index contributed by atoms with van der Waals surface area (Å²) in [4.78, 5) is 4.35. The van der Waals surface area contributed by atoms with Gasteiger partial charge >= 0.3 is 0 Å². The summed E-state index contributed by atoms with van der Waals surface area (Å²) in [6.07, 6.45) is 1.78. The number of aromatic nitrogens is 1. The van der Waals surface area contributed by atoms with Crippen molar-refractivity contribution >= 4 is 0 Å². The SMILES string of the molecule is Cc1ccc(-c2cnc(-c3ccccc3)o2)cc1C. The number of aryl methyl sites for hydroxylation is 2. The Morgan fingerprint density at radius 2 is 1.63 bits per heavy atom. The first-order valence-corrected chi connectivity index (χ1v) is 6.33. The van der Waals surface area contributed by atoms with Crippen LogP contribution >= 0.6 is 0 Å². The van der Waals surface area contributed by atoms with Gasteiger partial charge in [-0.15, -0.1) is 0 Å².